The molecule has 0 spiro atoms. The van der Waals surface area contributed by atoms with E-state index in [9.17, 15) is 4.79 Å². The molecule has 1 aliphatic rings. The lowest BCUT2D eigenvalue weighted by atomic mass is 9.86. The molecule has 1 aliphatic carbocycles. The zero-order valence-corrected chi connectivity index (χ0v) is 10.2. The molecule has 1 fully saturated rings. The normalized spacial score (nSPS) is 27.4. The van der Waals surface area contributed by atoms with E-state index in [1.54, 1.807) is 0 Å². The van der Waals surface area contributed by atoms with E-state index in [0.29, 0.717) is 12.6 Å². The molecule has 0 aromatic heterocycles. The summed E-state index contributed by atoms with van der Waals surface area (Å²) in [5, 5.41) is 12.3. The Hall–Kier alpha value is -0.610. The molecule has 0 unspecified atom stereocenters. The average Bonchev–Trinajstić information content (AvgIpc) is 2.30. The summed E-state index contributed by atoms with van der Waals surface area (Å²) in [6, 6.07) is 0.581. The van der Waals surface area contributed by atoms with Crippen LogP contribution in [0.3, 0.4) is 0 Å². The minimum Gasteiger partial charge on any atom is -0.466 e. The van der Waals surface area contributed by atoms with Crippen LogP contribution in [0.5, 0.6) is 0 Å². The number of carbonyl (C=O) groups is 1. The number of aliphatic hydroxyl groups is 1. The van der Waals surface area contributed by atoms with Gasteiger partial charge in [0.25, 0.3) is 0 Å². The van der Waals surface area contributed by atoms with Crippen LogP contribution in [0.15, 0.2) is 0 Å². The Labute approximate surface area is 97.4 Å². The van der Waals surface area contributed by atoms with Crippen molar-refractivity contribution in [1.82, 2.24) is 5.32 Å². The summed E-state index contributed by atoms with van der Waals surface area (Å²) >= 11 is 0. The Morgan fingerprint density at radius 2 is 2.06 bits per heavy atom. The molecule has 0 radical (unpaired) electrons. The van der Waals surface area contributed by atoms with Gasteiger partial charge in [0.15, 0.2) is 0 Å². The molecular weight excluding hydrogens is 206 g/mol. The van der Waals surface area contributed by atoms with Crippen molar-refractivity contribution in [3.05, 3.63) is 0 Å². The molecule has 0 aromatic carbocycles. The summed E-state index contributed by atoms with van der Waals surface area (Å²) < 4.78 is 5.02. The highest BCUT2D eigenvalue weighted by molar-refractivity contribution is 5.72. The van der Waals surface area contributed by atoms with Crippen LogP contribution < -0.4 is 5.32 Å². The molecule has 16 heavy (non-hydrogen) atoms. The highest BCUT2D eigenvalue weighted by Gasteiger charge is 2.27. The molecule has 0 aliphatic heterocycles. The highest BCUT2D eigenvalue weighted by atomic mass is 16.5. The monoisotopic (exact) mass is 229 g/mol. The van der Waals surface area contributed by atoms with Crippen molar-refractivity contribution in [2.24, 2.45) is 5.92 Å². The van der Waals surface area contributed by atoms with Crippen molar-refractivity contribution in [3.8, 4) is 0 Å². The van der Waals surface area contributed by atoms with Gasteiger partial charge in [-0.1, -0.05) is 0 Å². The molecule has 4 heteroatoms. The van der Waals surface area contributed by atoms with E-state index in [4.69, 9.17) is 9.84 Å². The van der Waals surface area contributed by atoms with Gasteiger partial charge >= 0.3 is 5.97 Å². The minimum absolute atomic E-state index is 0.0452. The molecule has 0 heterocycles. The van der Waals surface area contributed by atoms with Crippen molar-refractivity contribution in [1.29, 1.82) is 0 Å². The van der Waals surface area contributed by atoms with Crippen molar-refractivity contribution in [2.45, 2.75) is 51.6 Å². The SMILES string of the molecule is CCOC(=O)C1CCC(N[C@H](C)CO)CC1. The molecule has 0 bridgehead atoms. The van der Waals surface area contributed by atoms with Crippen molar-refractivity contribution >= 4 is 5.97 Å². The number of carbonyl (C=O) groups excluding carboxylic acids is 1. The fraction of sp³-hybridized carbons (Fsp3) is 0.917. The van der Waals surface area contributed by atoms with Crippen molar-refractivity contribution in [2.75, 3.05) is 13.2 Å². The quantitative estimate of drug-likeness (QED) is 0.693. The van der Waals surface area contributed by atoms with Crippen LogP contribution in [0.25, 0.3) is 0 Å². The molecule has 1 saturated carbocycles. The first-order chi connectivity index (χ1) is 7.67. The Morgan fingerprint density at radius 3 is 2.56 bits per heavy atom. The second kappa shape index (κ2) is 6.86. The number of nitrogens with one attached hydrogen (secondary N) is 1. The lowest BCUT2D eigenvalue weighted by Crippen LogP contribution is -2.41. The third-order valence-corrected chi connectivity index (χ3v) is 3.14. The average molecular weight is 229 g/mol. The van der Waals surface area contributed by atoms with E-state index < -0.39 is 0 Å². The molecule has 94 valence electrons. The number of aliphatic hydroxyl groups excluding tert-OH is 1. The third kappa shape index (κ3) is 4.10. The van der Waals surface area contributed by atoms with Crippen molar-refractivity contribution < 1.29 is 14.6 Å². The molecule has 0 saturated heterocycles. The zero-order valence-electron chi connectivity index (χ0n) is 10.2. The molecule has 1 atom stereocenters. The van der Waals surface area contributed by atoms with Gasteiger partial charge in [-0.05, 0) is 39.5 Å². The number of rotatable bonds is 5. The van der Waals surface area contributed by atoms with Crippen LogP contribution in [0.1, 0.15) is 39.5 Å². The Bertz CT molecular complexity index is 212. The first-order valence-corrected chi connectivity index (χ1v) is 6.20. The van der Waals surface area contributed by atoms with Gasteiger partial charge in [-0.25, -0.2) is 0 Å². The smallest absolute Gasteiger partial charge is 0.308 e. The van der Waals surface area contributed by atoms with Crippen LogP contribution in [-0.4, -0.2) is 36.4 Å². The maximum atomic E-state index is 11.5. The number of esters is 1. The maximum Gasteiger partial charge on any atom is 0.308 e. The maximum absolute atomic E-state index is 11.5. The van der Waals surface area contributed by atoms with E-state index in [1.165, 1.54) is 0 Å². The largest absolute Gasteiger partial charge is 0.466 e. The van der Waals surface area contributed by atoms with Gasteiger partial charge in [-0.15, -0.1) is 0 Å². The Balaban J connectivity index is 2.25. The summed E-state index contributed by atoms with van der Waals surface area (Å²) in [6.45, 7) is 4.45. The van der Waals surface area contributed by atoms with Crippen molar-refractivity contribution in [3.63, 3.8) is 0 Å². The summed E-state index contributed by atoms with van der Waals surface area (Å²) in [4.78, 5) is 11.5. The first kappa shape index (κ1) is 13.5. The van der Waals surface area contributed by atoms with E-state index >= 15 is 0 Å². The first-order valence-electron chi connectivity index (χ1n) is 6.20. The van der Waals surface area contributed by atoms with Crippen LogP contribution in [0, 0.1) is 5.92 Å². The van der Waals surface area contributed by atoms with Gasteiger partial charge in [-0.3, -0.25) is 4.79 Å². The summed E-state index contributed by atoms with van der Waals surface area (Å²) in [5.74, 6) is 0.0404. The molecule has 4 nitrogen and oxygen atoms in total. The fourth-order valence-electron chi connectivity index (χ4n) is 2.21. The molecule has 1 rings (SSSR count). The lowest BCUT2D eigenvalue weighted by Gasteiger charge is -2.29. The van der Waals surface area contributed by atoms with Gasteiger partial charge < -0.3 is 15.2 Å². The van der Waals surface area contributed by atoms with Crippen LogP contribution >= 0.6 is 0 Å². The molecule has 2 N–H and O–H groups in total. The Kier molecular flexibility index (Phi) is 5.77. The van der Waals surface area contributed by atoms with Gasteiger partial charge in [-0.2, -0.15) is 0 Å². The Morgan fingerprint density at radius 1 is 1.44 bits per heavy atom. The molecule has 0 amide bonds. The van der Waals surface area contributed by atoms with Gasteiger partial charge in [0.2, 0.25) is 0 Å². The van der Waals surface area contributed by atoms with Gasteiger partial charge in [0.05, 0.1) is 19.1 Å². The van der Waals surface area contributed by atoms with Gasteiger partial charge in [0, 0.05) is 12.1 Å². The second-order valence-corrected chi connectivity index (χ2v) is 4.55. The topological polar surface area (TPSA) is 58.6 Å². The zero-order chi connectivity index (χ0) is 12.0. The number of ether oxygens (including phenoxy) is 1. The highest BCUT2D eigenvalue weighted by Crippen LogP contribution is 2.25. The predicted octanol–water partition coefficient (Wildman–Crippen LogP) is 1.08. The summed E-state index contributed by atoms with van der Waals surface area (Å²) in [6.07, 6.45) is 3.78. The van der Waals surface area contributed by atoms with Gasteiger partial charge in [0.1, 0.15) is 0 Å². The number of hydrogen-bond acceptors (Lipinski definition) is 4. The van der Waals surface area contributed by atoms with E-state index in [-0.39, 0.29) is 24.5 Å². The van der Waals surface area contributed by atoms with E-state index in [2.05, 4.69) is 5.32 Å². The lowest BCUT2D eigenvalue weighted by molar-refractivity contribution is -0.149. The summed E-state index contributed by atoms with van der Waals surface area (Å²) in [5.41, 5.74) is 0. The van der Waals surface area contributed by atoms with Crippen LogP contribution in [0.2, 0.25) is 0 Å². The predicted molar refractivity (Wildman–Crippen MR) is 62.1 cm³/mol. The molecule has 0 aromatic rings. The third-order valence-electron chi connectivity index (χ3n) is 3.14. The molecular formula is C12H23NO3. The summed E-state index contributed by atoms with van der Waals surface area (Å²) in [7, 11) is 0. The minimum atomic E-state index is -0.0452. The van der Waals surface area contributed by atoms with Crippen LogP contribution in [-0.2, 0) is 9.53 Å². The fourth-order valence-corrected chi connectivity index (χ4v) is 2.21. The van der Waals surface area contributed by atoms with E-state index in [1.807, 2.05) is 13.8 Å². The van der Waals surface area contributed by atoms with Crippen LogP contribution in [0.4, 0.5) is 0 Å². The number of hydrogen-bond donors (Lipinski definition) is 2. The second-order valence-electron chi connectivity index (χ2n) is 4.55. The standard InChI is InChI=1S/C12H23NO3/c1-3-16-12(15)10-4-6-11(7-5-10)13-9(2)8-14/h9-11,13-14H,3-8H2,1-2H3/t9-,10?,11?/m1/s1. The van der Waals surface area contributed by atoms with E-state index in [0.717, 1.165) is 25.7 Å².